The van der Waals surface area contributed by atoms with Crippen LogP contribution in [0.1, 0.15) is 25.2 Å². The highest BCUT2D eigenvalue weighted by atomic mass is 35.5. The molecule has 3 rings (SSSR count). The van der Waals surface area contributed by atoms with Crippen LogP contribution in [-0.4, -0.2) is 38.8 Å². The van der Waals surface area contributed by atoms with Crippen LogP contribution in [0.15, 0.2) is 24.5 Å². The zero-order valence-electron chi connectivity index (χ0n) is 12.7. The van der Waals surface area contributed by atoms with Gasteiger partial charge in [-0.15, -0.1) is 10.2 Å². The van der Waals surface area contributed by atoms with Crippen LogP contribution in [0.2, 0.25) is 5.02 Å². The predicted octanol–water partition coefficient (Wildman–Crippen LogP) is 3.11. The van der Waals surface area contributed by atoms with Crippen LogP contribution in [0.3, 0.4) is 0 Å². The van der Waals surface area contributed by atoms with Gasteiger partial charge in [-0.05, 0) is 24.6 Å². The lowest BCUT2D eigenvalue weighted by Crippen LogP contribution is -2.33. The van der Waals surface area contributed by atoms with Gasteiger partial charge in [0.1, 0.15) is 18.0 Å². The Balaban J connectivity index is 1.64. The third kappa shape index (κ3) is 3.29. The van der Waals surface area contributed by atoms with E-state index in [1.165, 1.54) is 18.2 Å². The fraction of sp³-hybridized carbons (Fsp3) is 0.400. The number of benzene rings is 1. The number of rotatable bonds is 3. The molecule has 2 amide bonds. The summed E-state index contributed by atoms with van der Waals surface area (Å²) in [5.74, 6) is 0.410. The molecule has 1 atom stereocenters. The summed E-state index contributed by atoms with van der Waals surface area (Å²) >= 11 is 5.72. The zero-order valence-corrected chi connectivity index (χ0v) is 13.4. The molecule has 23 heavy (non-hydrogen) atoms. The van der Waals surface area contributed by atoms with Crippen molar-refractivity contribution in [1.82, 2.24) is 19.7 Å². The second-order valence-electron chi connectivity index (χ2n) is 5.46. The molecule has 8 heteroatoms. The number of aromatic nitrogens is 3. The van der Waals surface area contributed by atoms with Crippen LogP contribution >= 0.6 is 11.6 Å². The summed E-state index contributed by atoms with van der Waals surface area (Å²) in [7, 11) is 0. The Kier molecular flexibility index (Phi) is 4.47. The summed E-state index contributed by atoms with van der Waals surface area (Å²) in [6, 6.07) is 4.08. The van der Waals surface area contributed by atoms with E-state index in [0.717, 1.165) is 18.7 Å². The molecule has 0 bridgehead atoms. The molecule has 0 radical (unpaired) electrons. The van der Waals surface area contributed by atoms with Gasteiger partial charge in [0, 0.05) is 25.2 Å². The van der Waals surface area contributed by atoms with Crippen LogP contribution in [0, 0.1) is 5.82 Å². The molecule has 122 valence electrons. The number of nitrogens with zero attached hydrogens (tertiary/aromatic N) is 4. The fourth-order valence-electron chi connectivity index (χ4n) is 2.75. The summed E-state index contributed by atoms with van der Waals surface area (Å²) in [5, 5.41) is 10.7. The topological polar surface area (TPSA) is 63.1 Å². The van der Waals surface area contributed by atoms with E-state index in [1.54, 1.807) is 11.2 Å². The van der Waals surface area contributed by atoms with Gasteiger partial charge in [0.15, 0.2) is 0 Å². The van der Waals surface area contributed by atoms with Crippen LogP contribution < -0.4 is 5.32 Å². The van der Waals surface area contributed by atoms with Crippen LogP contribution in [0.4, 0.5) is 14.9 Å². The first kappa shape index (κ1) is 15.7. The minimum atomic E-state index is -0.509. The number of amides is 2. The van der Waals surface area contributed by atoms with E-state index in [4.69, 9.17) is 11.6 Å². The summed E-state index contributed by atoms with van der Waals surface area (Å²) in [6.45, 7) is 3.26. The van der Waals surface area contributed by atoms with Crippen molar-refractivity contribution in [3.63, 3.8) is 0 Å². The minimum Gasteiger partial charge on any atom is -0.322 e. The van der Waals surface area contributed by atoms with Crippen LogP contribution in [-0.2, 0) is 6.42 Å². The first-order chi connectivity index (χ1) is 11.1. The molecule has 1 fully saturated rings. The monoisotopic (exact) mass is 337 g/mol. The largest absolute Gasteiger partial charge is 0.322 e. The average Bonchev–Trinajstić information content (AvgIpc) is 3.18. The lowest BCUT2D eigenvalue weighted by molar-refractivity contribution is 0.221. The fourth-order valence-corrected chi connectivity index (χ4v) is 2.93. The van der Waals surface area contributed by atoms with E-state index in [9.17, 15) is 9.18 Å². The Morgan fingerprint density at radius 3 is 3.09 bits per heavy atom. The molecule has 1 aromatic carbocycles. The molecule has 1 saturated heterocycles. The molecular formula is C15H17ClFN5O. The minimum absolute atomic E-state index is 0.0147. The SMILES string of the molecule is CCc1nncn1C1CCN(C(=O)Nc2ccc(F)c(Cl)c2)C1. The highest BCUT2D eigenvalue weighted by Crippen LogP contribution is 2.24. The molecule has 1 aliphatic rings. The Hall–Kier alpha value is -2.15. The third-order valence-electron chi connectivity index (χ3n) is 3.98. The summed E-state index contributed by atoms with van der Waals surface area (Å²) < 4.78 is 15.2. The number of nitrogens with one attached hydrogen (secondary N) is 1. The van der Waals surface area contributed by atoms with E-state index in [0.29, 0.717) is 18.8 Å². The smallest absolute Gasteiger partial charge is 0.321 e. The number of carbonyl (C=O) groups excluding carboxylic acids is 1. The number of hydrogen-bond acceptors (Lipinski definition) is 3. The first-order valence-corrected chi connectivity index (χ1v) is 7.85. The van der Waals surface area contributed by atoms with Crippen molar-refractivity contribution < 1.29 is 9.18 Å². The molecular weight excluding hydrogens is 321 g/mol. The van der Waals surface area contributed by atoms with Gasteiger partial charge in [-0.2, -0.15) is 0 Å². The lowest BCUT2D eigenvalue weighted by atomic mass is 10.2. The molecule has 0 aliphatic carbocycles. The zero-order chi connectivity index (χ0) is 16.4. The van der Waals surface area contributed by atoms with Gasteiger partial charge in [0.05, 0.1) is 11.1 Å². The van der Waals surface area contributed by atoms with Gasteiger partial charge in [-0.1, -0.05) is 18.5 Å². The first-order valence-electron chi connectivity index (χ1n) is 7.48. The van der Waals surface area contributed by atoms with Crippen molar-refractivity contribution in [3.05, 3.63) is 41.2 Å². The third-order valence-corrected chi connectivity index (χ3v) is 4.27. The van der Waals surface area contributed by atoms with Gasteiger partial charge in [0.25, 0.3) is 0 Å². The molecule has 2 aromatic rings. The number of halogens is 2. The predicted molar refractivity (Wildman–Crippen MR) is 85.1 cm³/mol. The highest BCUT2D eigenvalue weighted by molar-refractivity contribution is 6.31. The van der Waals surface area contributed by atoms with Gasteiger partial charge in [-0.3, -0.25) is 0 Å². The maximum Gasteiger partial charge on any atom is 0.321 e. The maximum absolute atomic E-state index is 13.1. The Labute approximate surface area is 138 Å². The molecule has 0 saturated carbocycles. The van der Waals surface area contributed by atoms with Gasteiger partial charge >= 0.3 is 6.03 Å². The van der Waals surface area contributed by atoms with E-state index in [1.807, 2.05) is 11.5 Å². The second-order valence-corrected chi connectivity index (χ2v) is 5.86. The van der Waals surface area contributed by atoms with Gasteiger partial charge in [0.2, 0.25) is 0 Å². The van der Waals surface area contributed by atoms with Crippen molar-refractivity contribution in [2.75, 3.05) is 18.4 Å². The number of anilines is 1. The number of aryl methyl sites for hydroxylation is 1. The summed E-state index contributed by atoms with van der Waals surface area (Å²) in [6.07, 6.45) is 3.37. The van der Waals surface area contributed by atoms with Crippen molar-refractivity contribution >= 4 is 23.3 Å². The Bertz CT molecular complexity index is 720. The van der Waals surface area contributed by atoms with Gasteiger partial charge < -0.3 is 14.8 Å². The van der Waals surface area contributed by atoms with Crippen molar-refractivity contribution in [2.24, 2.45) is 0 Å². The van der Waals surface area contributed by atoms with E-state index < -0.39 is 5.82 Å². The van der Waals surface area contributed by atoms with E-state index in [2.05, 4.69) is 15.5 Å². The molecule has 1 N–H and O–H groups in total. The molecule has 2 heterocycles. The molecule has 0 spiro atoms. The number of hydrogen-bond donors (Lipinski definition) is 1. The van der Waals surface area contributed by atoms with Crippen LogP contribution in [0.5, 0.6) is 0 Å². The number of carbonyl (C=O) groups is 1. The molecule has 1 unspecified atom stereocenters. The molecule has 1 aromatic heterocycles. The Morgan fingerprint density at radius 1 is 1.52 bits per heavy atom. The molecule has 6 nitrogen and oxygen atoms in total. The number of likely N-dealkylation sites (tertiary alicyclic amines) is 1. The molecule has 1 aliphatic heterocycles. The standard InChI is InChI=1S/C15H17ClFN5O/c1-2-14-20-18-9-22(14)11-5-6-21(8-11)15(23)19-10-3-4-13(17)12(16)7-10/h3-4,7,9,11H,2,5-6,8H2,1H3,(H,19,23). The quantitative estimate of drug-likeness (QED) is 0.936. The van der Waals surface area contributed by atoms with Crippen LogP contribution in [0.25, 0.3) is 0 Å². The Morgan fingerprint density at radius 2 is 2.35 bits per heavy atom. The summed E-state index contributed by atoms with van der Waals surface area (Å²) in [5.41, 5.74) is 0.475. The van der Waals surface area contributed by atoms with Gasteiger partial charge in [-0.25, -0.2) is 9.18 Å². The maximum atomic E-state index is 13.1. The van der Waals surface area contributed by atoms with Crippen molar-refractivity contribution in [2.45, 2.75) is 25.8 Å². The normalized spacial score (nSPS) is 17.5. The summed E-state index contributed by atoms with van der Waals surface area (Å²) in [4.78, 5) is 14.0. The lowest BCUT2D eigenvalue weighted by Gasteiger charge is -2.18. The highest BCUT2D eigenvalue weighted by Gasteiger charge is 2.28. The number of urea groups is 1. The van der Waals surface area contributed by atoms with Crippen molar-refractivity contribution in [1.29, 1.82) is 0 Å². The average molecular weight is 338 g/mol. The van der Waals surface area contributed by atoms with Crippen molar-refractivity contribution in [3.8, 4) is 0 Å². The van der Waals surface area contributed by atoms with E-state index in [-0.39, 0.29) is 17.1 Å². The second kappa shape index (κ2) is 6.54. The van der Waals surface area contributed by atoms with E-state index >= 15 is 0 Å².